The van der Waals surface area contributed by atoms with Gasteiger partial charge in [-0.2, -0.15) is 0 Å². The van der Waals surface area contributed by atoms with Gasteiger partial charge in [0.2, 0.25) is 5.60 Å². The number of aliphatic hydroxyl groups is 1. The summed E-state index contributed by atoms with van der Waals surface area (Å²) in [6, 6.07) is 0. The quantitative estimate of drug-likeness (QED) is 0.584. The lowest BCUT2D eigenvalue weighted by molar-refractivity contribution is -0.231. The van der Waals surface area contributed by atoms with Gasteiger partial charge in [0.15, 0.2) is 11.5 Å². The lowest BCUT2D eigenvalue weighted by Crippen LogP contribution is -2.71. The molecule has 0 aromatic rings. The van der Waals surface area contributed by atoms with Gasteiger partial charge in [-0.05, 0) is 56.3 Å². The molecule has 0 heterocycles. The topological polar surface area (TPSA) is 110 Å². The maximum atomic E-state index is 17.1. The Balaban J connectivity index is 1.81. The molecule has 7 nitrogen and oxygen atoms in total. The van der Waals surface area contributed by atoms with Crippen molar-refractivity contribution in [1.82, 2.24) is 0 Å². The molecule has 188 valence electrons. The van der Waals surface area contributed by atoms with Gasteiger partial charge < -0.3 is 19.7 Å². The highest BCUT2D eigenvalue weighted by atomic mass is 19.1. The number of aliphatic carboxylic acids is 1. The fourth-order valence-corrected chi connectivity index (χ4v) is 7.59. The first-order valence-corrected chi connectivity index (χ1v) is 11.8. The SMILES string of the molecule is CCCOC(=O)O[C@]1(C(=O)O)[C@H](C)C[C@H]2[C@@H]3C[C@H](F)C4=CC(=O)C=C[C@]4(C)[C@@]3(F)[C@@H](O)C[C@@]21C. The molecule has 0 saturated heterocycles. The van der Waals surface area contributed by atoms with Crippen molar-refractivity contribution in [2.45, 2.75) is 76.9 Å². The molecule has 3 fully saturated rings. The Morgan fingerprint density at radius 1 is 1.24 bits per heavy atom. The lowest BCUT2D eigenvalue weighted by atomic mass is 9.44. The first-order chi connectivity index (χ1) is 15.8. The molecule has 0 aromatic carbocycles. The Morgan fingerprint density at radius 2 is 1.91 bits per heavy atom. The maximum absolute atomic E-state index is 17.1. The van der Waals surface area contributed by atoms with Gasteiger partial charge in [-0.3, -0.25) is 4.79 Å². The number of halogens is 2. The molecule has 3 saturated carbocycles. The van der Waals surface area contributed by atoms with E-state index in [1.165, 1.54) is 19.1 Å². The predicted molar refractivity (Wildman–Crippen MR) is 116 cm³/mol. The number of alkyl halides is 2. The Morgan fingerprint density at radius 3 is 2.53 bits per heavy atom. The van der Waals surface area contributed by atoms with Gasteiger partial charge in [-0.1, -0.05) is 26.8 Å². The van der Waals surface area contributed by atoms with Gasteiger partial charge in [0, 0.05) is 22.7 Å². The largest absolute Gasteiger partial charge is 0.509 e. The van der Waals surface area contributed by atoms with E-state index in [2.05, 4.69) is 0 Å². The molecule has 0 bridgehead atoms. The number of ether oxygens (including phenoxy) is 2. The summed E-state index contributed by atoms with van der Waals surface area (Å²) in [6.45, 7) is 6.49. The summed E-state index contributed by atoms with van der Waals surface area (Å²) in [5.74, 6) is -4.34. The standard InChI is InChI=1S/C25H32F2O7/c1-5-8-33-21(32)34-25(20(30)31)13(2)9-15-16-11-18(26)17-10-14(28)6-7-22(17,3)24(16,27)19(29)12-23(15,25)4/h6-7,10,13,15-16,18-19,29H,5,8-9,11-12H2,1-4H3,(H,30,31)/t13-,15+,16+,18+,19+,22+,23+,24+,25+/m1/s1. The van der Waals surface area contributed by atoms with Crippen LogP contribution in [0.15, 0.2) is 23.8 Å². The van der Waals surface area contributed by atoms with E-state index in [9.17, 15) is 24.6 Å². The summed E-state index contributed by atoms with van der Waals surface area (Å²) in [4.78, 5) is 37.1. The number of carbonyl (C=O) groups is 3. The maximum Gasteiger partial charge on any atom is 0.509 e. The molecule has 0 aromatic heterocycles. The Hall–Kier alpha value is -2.29. The lowest BCUT2D eigenvalue weighted by Gasteiger charge is -2.62. The van der Waals surface area contributed by atoms with E-state index in [1.54, 1.807) is 20.8 Å². The van der Waals surface area contributed by atoms with Crippen LogP contribution in [0.5, 0.6) is 0 Å². The number of fused-ring (bicyclic) bond motifs is 5. The zero-order chi connectivity index (χ0) is 25.3. The molecule has 0 spiro atoms. The third-order valence-corrected chi connectivity index (χ3v) is 9.15. The van der Waals surface area contributed by atoms with Crippen molar-refractivity contribution in [2.75, 3.05) is 6.61 Å². The van der Waals surface area contributed by atoms with Crippen molar-refractivity contribution in [1.29, 1.82) is 0 Å². The molecule has 4 rings (SSSR count). The summed E-state index contributed by atoms with van der Waals surface area (Å²) in [6.07, 6.45) is -0.775. The van der Waals surface area contributed by atoms with Crippen LogP contribution in [-0.4, -0.2) is 58.3 Å². The Bertz CT molecular complexity index is 978. The summed E-state index contributed by atoms with van der Waals surface area (Å²) in [5, 5.41) is 21.6. The average molecular weight is 483 g/mol. The van der Waals surface area contributed by atoms with Crippen LogP contribution in [-0.2, 0) is 19.1 Å². The van der Waals surface area contributed by atoms with Gasteiger partial charge in [-0.15, -0.1) is 0 Å². The number of ketones is 1. The molecule has 0 amide bonds. The number of hydrogen-bond donors (Lipinski definition) is 2. The Kier molecular flexibility index (Phi) is 5.74. The van der Waals surface area contributed by atoms with Crippen LogP contribution >= 0.6 is 0 Å². The summed E-state index contributed by atoms with van der Waals surface area (Å²) >= 11 is 0. The highest BCUT2D eigenvalue weighted by Gasteiger charge is 2.78. The van der Waals surface area contributed by atoms with Crippen molar-refractivity contribution < 1.29 is 42.9 Å². The molecule has 4 aliphatic carbocycles. The zero-order valence-corrected chi connectivity index (χ0v) is 19.8. The summed E-state index contributed by atoms with van der Waals surface area (Å²) in [5.41, 5.74) is -7.36. The minimum absolute atomic E-state index is 0.00339. The number of carbonyl (C=O) groups excluding carboxylic acids is 2. The van der Waals surface area contributed by atoms with Crippen molar-refractivity contribution in [3.63, 3.8) is 0 Å². The number of allylic oxidation sites excluding steroid dienone is 4. The molecule has 9 atom stereocenters. The number of carboxylic acid groups (broad SMARTS) is 1. The van der Waals surface area contributed by atoms with Crippen molar-refractivity contribution >= 4 is 17.9 Å². The monoisotopic (exact) mass is 482 g/mol. The van der Waals surface area contributed by atoms with Crippen LogP contribution in [0.4, 0.5) is 13.6 Å². The molecule has 0 radical (unpaired) electrons. The second-order valence-corrected chi connectivity index (χ2v) is 10.7. The van der Waals surface area contributed by atoms with Crippen molar-refractivity contribution in [2.24, 2.45) is 28.6 Å². The number of hydrogen-bond acceptors (Lipinski definition) is 6. The fraction of sp³-hybridized carbons (Fsp3) is 0.720. The van der Waals surface area contributed by atoms with E-state index in [4.69, 9.17) is 9.47 Å². The van der Waals surface area contributed by atoms with Gasteiger partial charge in [-0.25, -0.2) is 18.4 Å². The van der Waals surface area contributed by atoms with E-state index in [0.29, 0.717) is 6.42 Å². The van der Waals surface area contributed by atoms with Crippen molar-refractivity contribution in [3.8, 4) is 0 Å². The molecule has 0 aliphatic heterocycles. The smallest absolute Gasteiger partial charge is 0.478 e. The van der Waals surface area contributed by atoms with Gasteiger partial charge in [0.1, 0.15) is 6.17 Å². The second-order valence-electron chi connectivity index (χ2n) is 10.7. The van der Waals surface area contributed by atoms with Gasteiger partial charge in [0.05, 0.1) is 12.7 Å². The van der Waals surface area contributed by atoms with Crippen LogP contribution in [0.25, 0.3) is 0 Å². The molecule has 2 N–H and O–H groups in total. The average Bonchev–Trinajstić information content (AvgIpc) is 2.98. The third-order valence-electron chi connectivity index (χ3n) is 9.15. The number of aliphatic hydroxyl groups excluding tert-OH is 1. The Labute approximate surface area is 197 Å². The van der Waals surface area contributed by atoms with Gasteiger partial charge in [0.25, 0.3) is 0 Å². The minimum atomic E-state index is -2.33. The van der Waals surface area contributed by atoms with Crippen LogP contribution < -0.4 is 0 Å². The number of carboxylic acids is 1. The predicted octanol–water partition coefficient (Wildman–Crippen LogP) is 3.94. The van der Waals surface area contributed by atoms with Crippen molar-refractivity contribution in [3.05, 3.63) is 23.8 Å². The van der Waals surface area contributed by atoms with E-state index in [-0.39, 0.29) is 31.4 Å². The normalized spacial score (nSPS) is 47.2. The van der Waals surface area contributed by atoms with Crippen LogP contribution in [0.3, 0.4) is 0 Å². The summed E-state index contributed by atoms with van der Waals surface area (Å²) < 4.78 is 43.1. The zero-order valence-electron chi connectivity index (χ0n) is 19.8. The second kappa shape index (κ2) is 7.86. The molecule has 34 heavy (non-hydrogen) atoms. The van der Waals surface area contributed by atoms with Gasteiger partial charge >= 0.3 is 12.1 Å². The summed E-state index contributed by atoms with van der Waals surface area (Å²) in [7, 11) is 0. The highest BCUT2D eigenvalue weighted by Crippen LogP contribution is 2.71. The van der Waals surface area contributed by atoms with Crippen LogP contribution in [0.2, 0.25) is 0 Å². The molecule has 9 heteroatoms. The van der Waals surface area contributed by atoms with E-state index >= 15 is 8.78 Å². The molecular weight excluding hydrogens is 450 g/mol. The van der Waals surface area contributed by atoms with E-state index in [1.807, 2.05) is 0 Å². The third kappa shape index (κ3) is 2.91. The molecule has 0 unspecified atom stereocenters. The van der Waals surface area contributed by atoms with Crippen LogP contribution in [0.1, 0.15) is 53.4 Å². The molecule has 4 aliphatic rings. The number of rotatable bonds is 4. The fourth-order valence-electron chi connectivity index (χ4n) is 7.59. The highest BCUT2D eigenvalue weighted by molar-refractivity contribution is 6.01. The minimum Gasteiger partial charge on any atom is -0.478 e. The first-order valence-electron chi connectivity index (χ1n) is 11.8. The molecular formula is C25H32F2O7. The van der Waals surface area contributed by atoms with Crippen LogP contribution in [0, 0.1) is 28.6 Å². The van der Waals surface area contributed by atoms with E-state index in [0.717, 1.165) is 6.08 Å². The van der Waals surface area contributed by atoms with E-state index < -0.39 is 70.0 Å². The first kappa shape index (κ1) is 24.8.